The van der Waals surface area contributed by atoms with E-state index in [1.54, 1.807) is 33.0 Å². The Kier molecular flexibility index (Phi) is 7.05. The maximum atomic E-state index is 13.1. The van der Waals surface area contributed by atoms with Crippen molar-refractivity contribution in [1.29, 1.82) is 0 Å². The Labute approximate surface area is 218 Å². The Morgan fingerprint density at radius 2 is 1.54 bits per heavy atom. The van der Waals surface area contributed by atoms with Crippen molar-refractivity contribution >= 4 is 71.4 Å². The number of H-pyrrole nitrogens is 2. The number of rotatable bonds is 6. The van der Waals surface area contributed by atoms with Gasteiger partial charge in [0.15, 0.2) is 0 Å². The summed E-state index contributed by atoms with van der Waals surface area (Å²) in [5.41, 5.74) is 1.91. The molecule has 2 aromatic heterocycles. The molecule has 35 heavy (non-hydrogen) atoms. The summed E-state index contributed by atoms with van der Waals surface area (Å²) >= 11 is 6.85. The lowest BCUT2D eigenvalue weighted by molar-refractivity contribution is -0.117. The van der Waals surface area contributed by atoms with E-state index < -0.39 is 29.4 Å². The Bertz CT molecular complexity index is 1430. The number of nitrogens with one attached hydrogen (secondary N) is 4. The van der Waals surface area contributed by atoms with Gasteiger partial charge in [0.05, 0.1) is 11.6 Å². The number of ketones is 1. The highest BCUT2D eigenvalue weighted by molar-refractivity contribution is 9.10. The van der Waals surface area contributed by atoms with E-state index in [-0.39, 0.29) is 12.1 Å². The molecule has 0 fully saturated rings. The molecule has 8 nitrogen and oxygen atoms in total. The Morgan fingerprint density at radius 1 is 0.943 bits per heavy atom. The zero-order valence-corrected chi connectivity index (χ0v) is 22.5. The lowest BCUT2D eigenvalue weighted by Gasteiger charge is -2.22. The Hall–Kier alpha value is -3.11. The first-order valence-corrected chi connectivity index (χ1v) is 12.5. The fourth-order valence-corrected chi connectivity index (χ4v) is 4.50. The maximum Gasteiger partial charge on any atom is 0.407 e. The molecule has 4 aromatic rings. The van der Waals surface area contributed by atoms with Crippen molar-refractivity contribution in [2.24, 2.45) is 0 Å². The summed E-state index contributed by atoms with van der Waals surface area (Å²) in [7, 11) is 0. The minimum atomic E-state index is -0.781. The molecule has 0 aliphatic rings. The highest BCUT2D eigenvalue weighted by Crippen LogP contribution is 2.27. The average Bonchev–Trinajstić information content (AvgIpc) is 3.38. The summed E-state index contributed by atoms with van der Waals surface area (Å²) in [5.74, 6) is -1.46. The molecular formula is C25H24Br2N4O4. The molecule has 0 spiro atoms. The molecule has 0 saturated carbocycles. The van der Waals surface area contributed by atoms with Crippen molar-refractivity contribution in [3.63, 3.8) is 0 Å². The number of halogens is 2. The second kappa shape index (κ2) is 9.87. The van der Waals surface area contributed by atoms with Gasteiger partial charge < -0.3 is 25.3 Å². The fourth-order valence-electron chi connectivity index (χ4n) is 3.78. The number of hydrogen-bond donors (Lipinski definition) is 4. The van der Waals surface area contributed by atoms with Gasteiger partial charge in [0.25, 0.3) is 11.7 Å². The van der Waals surface area contributed by atoms with E-state index in [0.29, 0.717) is 5.39 Å². The third kappa shape index (κ3) is 5.76. The highest BCUT2D eigenvalue weighted by atomic mass is 79.9. The zero-order chi connectivity index (χ0) is 25.3. The van der Waals surface area contributed by atoms with Gasteiger partial charge in [-0.3, -0.25) is 9.59 Å². The van der Waals surface area contributed by atoms with Crippen LogP contribution in [0.1, 0.15) is 42.7 Å². The number of aromatic amines is 2. The molecule has 10 heteroatoms. The van der Waals surface area contributed by atoms with Crippen molar-refractivity contribution in [2.75, 3.05) is 6.54 Å². The molecule has 2 amide bonds. The van der Waals surface area contributed by atoms with Gasteiger partial charge in [0, 0.05) is 55.3 Å². The molecule has 4 rings (SSSR count). The van der Waals surface area contributed by atoms with E-state index >= 15 is 0 Å². The second-order valence-corrected chi connectivity index (χ2v) is 10.9. The zero-order valence-electron chi connectivity index (χ0n) is 19.3. The molecule has 1 atom stereocenters. The smallest absolute Gasteiger partial charge is 0.407 e. The molecule has 182 valence electrons. The SMILES string of the molecule is CC(C)(C)OC(=O)NCC(NC(=O)C(=O)c1c[nH]c2cc(Br)ccc12)c1c[nH]c2cc(Br)ccc12. The average molecular weight is 604 g/mol. The first kappa shape index (κ1) is 25.0. The van der Waals surface area contributed by atoms with E-state index in [4.69, 9.17) is 4.74 Å². The highest BCUT2D eigenvalue weighted by Gasteiger charge is 2.26. The van der Waals surface area contributed by atoms with Crippen LogP contribution >= 0.6 is 31.9 Å². The van der Waals surface area contributed by atoms with Gasteiger partial charge in [-0.15, -0.1) is 0 Å². The van der Waals surface area contributed by atoms with Gasteiger partial charge in [0.2, 0.25) is 0 Å². The number of fused-ring (bicyclic) bond motifs is 2. The third-order valence-electron chi connectivity index (χ3n) is 5.30. The molecule has 4 N–H and O–H groups in total. The monoisotopic (exact) mass is 602 g/mol. The number of amides is 2. The summed E-state index contributed by atoms with van der Waals surface area (Å²) in [6.45, 7) is 5.32. The quantitative estimate of drug-likeness (QED) is 0.166. The largest absolute Gasteiger partial charge is 0.444 e. The van der Waals surface area contributed by atoms with Gasteiger partial charge >= 0.3 is 6.09 Å². The summed E-state index contributed by atoms with van der Waals surface area (Å²) in [5, 5.41) is 6.99. The topological polar surface area (TPSA) is 116 Å². The van der Waals surface area contributed by atoms with Crippen LogP contribution in [0.3, 0.4) is 0 Å². The second-order valence-electron chi connectivity index (χ2n) is 9.06. The van der Waals surface area contributed by atoms with Crippen LogP contribution in [0.25, 0.3) is 21.8 Å². The number of benzene rings is 2. The molecule has 0 aliphatic heterocycles. The minimum Gasteiger partial charge on any atom is -0.444 e. The predicted octanol–water partition coefficient (Wildman–Crippen LogP) is 5.74. The number of ether oxygens (including phenoxy) is 1. The molecule has 0 aliphatic carbocycles. The van der Waals surface area contributed by atoms with Gasteiger partial charge in [-0.25, -0.2) is 4.79 Å². The van der Waals surface area contributed by atoms with Crippen LogP contribution in [-0.4, -0.2) is 39.9 Å². The fraction of sp³-hybridized carbons (Fsp3) is 0.240. The Morgan fingerprint density at radius 3 is 2.20 bits per heavy atom. The van der Waals surface area contributed by atoms with E-state index in [2.05, 4.69) is 52.5 Å². The summed E-state index contributed by atoms with van der Waals surface area (Å²) in [4.78, 5) is 44.6. The van der Waals surface area contributed by atoms with Crippen molar-refractivity contribution in [3.05, 3.63) is 68.9 Å². The van der Waals surface area contributed by atoms with Crippen LogP contribution in [0.5, 0.6) is 0 Å². The summed E-state index contributed by atoms with van der Waals surface area (Å²) in [6, 6.07) is 10.4. The van der Waals surface area contributed by atoms with Crippen LogP contribution in [0.15, 0.2) is 57.7 Å². The molecule has 0 saturated heterocycles. The number of carbonyl (C=O) groups excluding carboxylic acids is 3. The normalized spacial score (nSPS) is 12.5. The van der Waals surface area contributed by atoms with Crippen molar-refractivity contribution < 1.29 is 19.1 Å². The predicted molar refractivity (Wildman–Crippen MR) is 141 cm³/mol. The summed E-state index contributed by atoms with van der Waals surface area (Å²) in [6.07, 6.45) is 2.66. The molecule has 1 unspecified atom stereocenters. The minimum absolute atomic E-state index is 0.0256. The summed E-state index contributed by atoms with van der Waals surface area (Å²) < 4.78 is 7.08. The van der Waals surface area contributed by atoms with Crippen LogP contribution < -0.4 is 10.6 Å². The van der Waals surface area contributed by atoms with Gasteiger partial charge in [-0.2, -0.15) is 0 Å². The van der Waals surface area contributed by atoms with E-state index in [1.807, 2.05) is 30.3 Å². The molecule has 0 bridgehead atoms. The third-order valence-corrected chi connectivity index (χ3v) is 6.29. The number of alkyl carbamates (subject to hydrolysis) is 1. The van der Waals surface area contributed by atoms with Crippen molar-refractivity contribution in [2.45, 2.75) is 32.4 Å². The lowest BCUT2D eigenvalue weighted by Crippen LogP contribution is -2.42. The van der Waals surface area contributed by atoms with Crippen LogP contribution in [0.2, 0.25) is 0 Å². The molecule has 0 radical (unpaired) electrons. The first-order valence-electron chi connectivity index (χ1n) is 10.9. The first-order chi connectivity index (χ1) is 16.5. The number of hydrogen-bond acceptors (Lipinski definition) is 4. The van der Waals surface area contributed by atoms with Gasteiger partial charge in [0.1, 0.15) is 5.60 Å². The van der Waals surface area contributed by atoms with Gasteiger partial charge in [-0.05, 0) is 45.0 Å². The van der Waals surface area contributed by atoms with Crippen molar-refractivity contribution in [3.8, 4) is 0 Å². The maximum absolute atomic E-state index is 13.1. The molecule has 2 heterocycles. The van der Waals surface area contributed by atoms with Crippen molar-refractivity contribution in [1.82, 2.24) is 20.6 Å². The molecular weight excluding hydrogens is 580 g/mol. The van der Waals surface area contributed by atoms with Gasteiger partial charge in [-0.1, -0.05) is 44.0 Å². The molecule has 2 aromatic carbocycles. The number of aromatic nitrogens is 2. The van der Waals surface area contributed by atoms with E-state index in [9.17, 15) is 14.4 Å². The van der Waals surface area contributed by atoms with E-state index in [0.717, 1.165) is 30.9 Å². The van der Waals surface area contributed by atoms with Crippen LogP contribution in [0, 0.1) is 0 Å². The Balaban J connectivity index is 1.60. The van der Waals surface area contributed by atoms with E-state index in [1.165, 1.54) is 6.20 Å². The number of carbonyl (C=O) groups is 3. The standard InChI is InChI=1S/C25H24Br2N4O4/c1-25(2,3)35-24(34)30-12-21(17-10-28-19-8-13(26)4-6-15(17)19)31-23(33)22(32)18-11-29-20-9-14(27)5-7-16(18)20/h4-11,21,28-29H,12H2,1-3H3,(H,30,34)(H,31,33). The van der Waals surface area contributed by atoms with Crippen LogP contribution in [0.4, 0.5) is 4.79 Å². The lowest BCUT2D eigenvalue weighted by atomic mass is 10.0. The van der Waals surface area contributed by atoms with Crippen LogP contribution in [-0.2, 0) is 9.53 Å². The number of Topliss-reactive ketones (excluding diaryl/α,β-unsaturated/α-hetero) is 1.